The van der Waals surface area contributed by atoms with Gasteiger partial charge >= 0.3 is 0 Å². The molecule has 0 spiro atoms. The maximum atomic E-state index is 14.9. The second kappa shape index (κ2) is 16.5. The quantitative estimate of drug-likeness (QED) is 0.136. The van der Waals surface area contributed by atoms with Gasteiger partial charge in [-0.05, 0) is 73.0 Å². The highest BCUT2D eigenvalue weighted by Crippen LogP contribution is 2.35. The van der Waals surface area contributed by atoms with E-state index in [2.05, 4.69) is 28.4 Å². The van der Waals surface area contributed by atoms with E-state index in [1.165, 1.54) is 11.8 Å². The molecule has 0 saturated carbocycles. The fourth-order valence-corrected chi connectivity index (χ4v) is 7.98. The van der Waals surface area contributed by atoms with E-state index >= 15 is 0 Å². The molecule has 4 aromatic carbocycles. The summed E-state index contributed by atoms with van der Waals surface area (Å²) < 4.78 is 13.3. The molecule has 5 aromatic rings. The van der Waals surface area contributed by atoms with Crippen molar-refractivity contribution >= 4 is 41.0 Å². The van der Waals surface area contributed by atoms with Crippen LogP contribution in [0.5, 0.6) is 5.75 Å². The largest absolute Gasteiger partial charge is 0.496 e. The summed E-state index contributed by atoms with van der Waals surface area (Å²) in [5.41, 5.74) is 8.43. The zero-order chi connectivity index (χ0) is 38.6. The van der Waals surface area contributed by atoms with Crippen LogP contribution >= 0.6 is 11.6 Å². The van der Waals surface area contributed by atoms with E-state index in [-0.39, 0.29) is 24.4 Å². The van der Waals surface area contributed by atoms with Gasteiger partial charge in [-0.25, -0.2) is 0 Å². The van der Waals surface area contributed by atoms with Crippen molar-refractivity contribution in [3.8, 4) is 17.0 Å². The van der Waals surface area contributed by atoms with E-state index in [1.54, 1.807) is 25.1 Å². The number of nitrogens with zero attached hydrogens (tertiary/aromatic N) is 4. The van der Waals surface area contributed by atoms with Gasteiger partial charge in [-0.2, -0.15) is 0 Å². The van der Waals surface area contributed by atoms with Crippen LogP contribution in [0.2, 0.25) is 5.02 Å². The van der Waals surface area contributed by atoms with E-state index in [9.17, 15) is 9.59 Å². The highest BCUT2D eigenvalue weighted by Gasteiger charge is 2.34. The summed E-state index contributed by atoms with van der Waals surface area (Å²) >= 11 is 6.68. The number of fused-ring (bicyclic) bond motifs is 1. The maximum Gasteiger partial charge on any atom is 0.260 e. The number of morpholine rings is 1. The lowest BCUT2D eigenvalue weighted by Gasteiger charge is -2.40. The number of carbonyl (C=O) groups is 2. The number of hydrogen-bond acceptors (Lipinski definition) is 7. The molecule has 2 N–H and O–H groups in total. The Morgan fingerprint density at radius 3 is 2.47 bits per heavy atom. The second-order valence-corrected chi connectivity index (χ2v) is 14.6. The van der Waals surface area contributed by atoms with E-state index in [0.29, 0.717) is 64.2 Å². The Balaban J connectivity index is 1.28. The SMILES string of the molecule is CNc1ccc(N(Cc2ccccc2OC)C(=O)c2cc(-c3cc(Cl)ccc3C(=O)N3Cc4ccccc4C[C@H]3CN3CCOCC3)n(C)c2C)cc1C=N. The van der Waals surface area contributed by atoms with Crippen LogP contribution in [0.4, 0.5) is 11.4 Å². The number of benzene rings is 4. The number of carbonyl (C=O) groups excluding carboxylic acids is 2. The summed E-state index contributed by atoms with van der Waals surface area (Å²) in [6, 6.07) is 28.8. The molecular formula is C44H47ClN6O4. The number of methoxy groups -OCH3 is 1. The van der Waals surface area contributed by atoms with Crippen LogP contribution in [-0.4, -0.2) is 85.4 Å². The van der Waals surface area contributed by atoms with Gasteiger partial charge in [-0.15, -0.1) is 0 Å². The number of para-hydroxylation sites is 1. The molecule has 10 nitrogen and oxygen atoms in total. The van der Waals surface area contributed by atoms with Crippen molar-refractivity contribution < 1.29 is 19.1 Å². The average molecular weight is 759 g/mol. The molecule has 2 aliphatic heterocycles. The molecule has 0 aliphatic carbocycles. The van der Waals surface area contributed by atoms with E-state index < -0.39 is 0 Å². The first-order chi connectivity index (χ1) is 26.7. The molecule has 2 aliphatic rings. The van der Waals surface area contributed by atoms with Crippen LogP contribution in [-0.2, 0) is 31.3 Å². The fourth-order valence-electron chi connectivity index (χ4n) is 7.81. The molecule has 284 valence electrons. The van der Waals surface area contributed by atoms with Gasteiger partial charge in [-0.1, -0.05) is 54.1 Å². The molecule has 1 atom stereocenters. The van der Waals surface area contributed by atoms with Gasteiger partial charge in [0.25, 0.3) is 11.8 Å². The number of halogens is 1. The number of aromatic nitrogens is 1. The third kappa shape index (κ3) is 7.76. The first-order valence-electron chi connectivity index (χ1n) is 18.6. The summed E-state index contributed by atoms with van der Waals surface area (Å²) in [6.45, 7) is 6.45. The van der Waals surface area contributed by atoms with Crippen LogP contribution < -0.4 is 15.0 Å². The van der Waals surface area contributed by atoms with Gasteiger partial charge in [0.1, 0.15) is 5.75 Å². The Morgan fingerprint density at radius 1 is 0.982 bits per heavy atom. The topological polar surface area (TPSA) is 103 Å². The van der Waals surface area contributed by atoms with Crippen LogP contribution in [0.3, 0.4) is 0 Å². The molecule has 0 bridgehead atoms. The van der Waals surface area contributed by atoms with Crippen molar-refractivity contribution in [1.82, 2.24) is 14.4 Å². The van der Waals surface area contributed by atoms with Crippen LogP contribution in [0.25, 0.3) is 11.3 Å². The minimum Gasteiger partial charge on any atom is -0.496 e. The normalized spacial score (nSPS) is 15.7. The van der Waals surface area contributed by atoms with Crippen molar-refractivity contribution in [3.63, 3.8) is 0 Å². The highest BCUT2D eigenvalue weighted by molar-refractivity contribution is 6.31. The minimum atomic E-state index is -0.230. The van der Waals surface area contributed by atoms with Crippen molar-refractivity contribution in [3.05, 3.63) is 135 Å². The molecule has 3 heterocycles. The molecule has 1 aromatic heterocycles. The zero-order valence-corrected chi connectivity index (χ0v) is 32.5. The Hall–Kier alpha value is -5.42. The monoisotopic (exact) mass is 758 g/mol. The standard InChI is InChI=1S/C44H47ClN6O4/c1-29-38(44(53)50(27-32-11-7-8-12-42(32)54-4)35-14-16-40(47-2)33(22-35)25-46)24-41(48(29)3)39-23-34(45)13-15-37(39)43(52)51-26-31-10-6-5-9-30(31)21-36(51)28-49-17-19-55-20-18-49/h5-16,22-25,36,46-47H,17-21,26-28H2,1-4H3/t36-/m0/s1. The highest BCUT2D eigenvalue weighted by atomic mass is 35.5. The van der Waals surface area contributed by atoms with Gasteiger partial charge in [0.2, 0.25) is 0 Å². The lowest BCUT2D eigenvalue weighted by Crippen LogP contribution is -2.52. The van der Waals surface area contributed by atoms with Crippen molar-refractivity contribution in [2.45, 2.75) is 32.5 Å². The maximum absolute atomic E-state index is 14.9. The van der Waals surface area contributed by atoms with Crippen LogP contribution in [0, 0.1) is 12.3 Å². The first kappa shape index (κ1) is 37.9. The smallest absolute Gasteiger partial charge is 0.260 e. The molecule has 2 amide bonds. The van der Waals surface area contributed by atoms with Gasteiger partial charge in [0, 0.05) is 103 Å². The number of nitrogens with one attached hydrogen (secondary N) is 2. The predicted molar refractivity (Wildman–Crippen MR) is 219 cm³/mol. The number of hydrogen-bond donors (Lipinski definition) is 2. The van der Waals surface area contributed by atoms with E-state index in [1.807, 2.05) is 90.2 Å². The number of amides is 2. The Labute approximate surface area is 327 Å². The van der Waals surface area contributed by atoms with Gasteiger partial charge in [0.05, 0.1) is 32.4 Å². The number of rotatable bonds is 11. The Bertz CT molecular complexity index is 2230. The van der Waals surface area contributed by atoms with E-state index in [4.69, 9.17) is 26.5 Å². The van der Waals surface area contributed by atoms with Crippen LogP contribution in [0.15, 0.2) is 91.0 Å². The fraction of sp³-hybridized carbons (Fsp3) is 0.295. The molecule has 7 rings (SSSR count). The molecule has 0 radical (unpaired) electrons. The third-order valence-electron chi connectivity index (χ3n) is 11.0. The lowest BCUT2D eigenvalue weighted by molar-refractivity contribution is 0.0193. The third-order valence-corrected chi connectivity index (χ3v) is 11.2. The second-order valence-electron chi connectivity index (χ2n) is 14.1. The zero-order valence-electron chi connectivity index (χ0n) is 31.8. The lowest BCUT2D eigenvalue weighted by atomic mass is 9.92. The van der Waals surface area contributed by atoms with Crippen molar-refractivity contribution in [2.75, 3.05) is 57.2 Å². The molecule has 55 heavy (non-hydrogen) atoms. The molecule has 1 fully saturated rings. The summed E-state index contributed by atoms with van der Waals surface area (Å²) in [6.07, 6.45) is 2.04. The number of anilines is 2. The van der Waals surface area contributed by atoms with Gasteiger partial charge in [0.15, 0.2) is 0 Å². The Kier molecular flexibility index (Phi) is 11.4. The Morgan fingerprint density at radius 2 is 1.73 bits per heavy atom. The average Bonchev–Trinajstić information content (AvgIpc) is 3.52. The molecule has 11 heteroatoms. The first-order valence-corrected chi connectivity index (χ1v) is 19.0. The van der Waals surface area contributed by atoms with Gasteiger partial charge < -0.3 is 34.6 Å². The summed E-state index contributed by atoms with van der Waals surface area (Å²) in [5.74, 6) is 0.360. The summed E-state index contributed by atoms with van der Waals surface area (Å²) in [7, 11) is 5.33. The summed E-state index contributed by atoms with van der Waals surface area (Å²) in [5, 5.41) is 11.7. The van der Waals surface area contributed by atoms with Crippen LogP contribution in [0.1, 0.15) is 48.7 Å². The summed E-state index contributed by atoms with van der Waals surface area (Å²) in [4.78, 5) is 35.9. The molecular weight excluding hydrogens is 712 g/mol. The van der Waals surface area contributed by atoms with Crippen molar-refractivity contribution in [1.29, 1.82) is 5.41 Å². The van der Waals surface area contributed by atoms with Crippen molar-refractivity contribution in [2.24, 2.45) is 7.05 Å². The minimum absolute atomic E-state index is 0.0278. The molecule has 0 unspecified atom stereocenters. The number of ether oxygens (including phenoxy) is 2. The molecule has 1 saturated heterocycles. The predicted octanol–water partition coefficient (Wildman–Crippen LogP) is 7.45. The van der Waals surface area contributed by atoms with E-state index in [0.717, 1.165) is 48.6 Å². The van der Waals surface area contributed by atoms with Gasteiger partial charge in [-0.3, -0.25) is 14.5 Å².